The highest BCUT2D eigenvalue weighted by molar-refractivity contribution is 6.02. The molecule has 2 rings (SSSR count). The van der Waals surface area contributed by atoms with Crippen molar-refractivity contribution < 1.29 is 13.9 Å². The Kier molecular flexibility index (Phi) is 5.25. The molecule has 0 fully saturated rings. The van der Waals surface area contributed by atoms with E-state index in [0.717, 1.165) is 11.3 Å². The fourth-order valence-electron chi connectivity index (χ4n) is 1.95. The van der Waals surface area contributed by atoms with Crippen LogP contribution in [0.5, 0.6) is 5.75 Å². The number of rotatable bonds is 5. The molecule has 0 atom stereocenters. The summed E-state index contributed by atoms with van der Waals surface area (Å²) in [6.07, 6.45) is 0.629. The van der Waals surface area contributed by atoms with Crippen LogP contribution in [0, 0.1) is 5.82 Å². The van der Waals surface area contributed by atoms with Crippen molar-refractivity contribution in [1.29, 1.82) is 0 Å². The van der Waals surface area contributed by atoms with Crippen molar-refractivity contribution in [3.8, 4) is 5.75 Å². The number of benzene rings is 2. The first-order chi connectivity index (χ1) is 10.7. The molecular weight excluding hydrogens is 283 g/mol. The van der Waals surface area contributed by atoms with Gasteiger partial charge in [0.25, 0.3) is 5.91 Å². The fourth-order valence-corrected chi connectivity index (χ4v) is 1.95. The molecule has 0 heterocycles. The summed E-state index contributed by atoms with van der Waals surface area (Å²) in [5, 5.41) is 4.09. The Morgan fingerprint density at radius 1 is 1.18 bits per heavy atom. The van der Waals surface area contributed by atoms with Crippen molar-refractivity contribution in [3.05, 3.63) is 65.5 Å². The van der Waals surface area contributed by atoms with E-state index >= 15 is 0 Å². The first kappa shape index (κ1) is 15.7. The molecule has 5 heteroatoms. The van der Waals surface area contributed by atoms with Crippen LogP contribution in [0.1, 0.15) is 29.3 Å². The predicted octanol–water partition coefficient (Wildman–Crippen LogP) is 3.38. The first-order valence-electron chi connectivity index (χ1n) is 6.91. The third-order valence-electron chi connectivity index (χ3n) is 3.17. The van der Waals surface area contributed by atoms with E-state index in [-0.39, 0.29) is 5.56 Å². The molecule has 1 N–H and O–H groups in total. The molecule has 2 aromatic rings. The third-order valence-corrected chi connectivity index (χ3v) is 3.17. The van der Waals surface area contributed by atoms with E-state index in [1.54, 1.807) is 13.2 Å². The second kappa shape index (κ2) is 7.36. The molecule has 0 saturated heterocycles. The van der Waals surface area contributed by atoms with Gasteiger partial charge in [-0.25, -0.2) is 9.82 Å². The number of nitrogens with one attached hydrogen (secondary N) is 1. The molecule has 0 aliphatic heterocycles. The van der Waals surface area contributed by atoms with Gasteiger partial charge in [-0.1, -0.05) is 19.1 Å². The summed E-state index contributed by atoms with van der Waals surface area (Å²) >= 11 is 0. The van der Waals surface area contributed by atoms with Crippen molar-refractivity contribution in [1.82, 2.24) is 5.43 Å². The van der Waals surface area contributed by atoms with Gasteiger partial charge in [-0.05, 0) is 48.4 Å². The molecule has 0 spiro atoms. The Labute approximate surface area is 128 Å². The SMILES string of the molecule is CC/C(=N/NC(=O)c1ccccc1F)c1ccc(OC)cc1. The maximum Gasteiger partial charge on any atom is 0.274 e. The summed E-state index contributed by atoms with van der Waals surface area (Å²) < 4.78 is 18.6. The van der Waals surface area contributed by atoms with Gasteiger partial charge in [0.1, 0.15) is 11.6 Å². The van der Waals surface area contributed by atoms with Crippen LogP contribution < -0.4 is 10.2 Å². The minimum atomic E-state index is -0.572. The summed E-state index contributed by atoms with van der Waals surface area (Å²) in [5.74, 6) is -0.398. The zero-order valence-electron chi connectivity index (χ0n) is 12.5. The van der Waals surface area contributed by atoms with Crippen LogP contribution in [0.15, 0.2) is 53.6 Å². The monoisotopic (exact) mass is 300 g/mol. The summed E-state index contributed by atoms with van der Waals surface area (Å²) in [7, 11) is 1.60. The van der Waals surface area contributed by atoms with Crippen LogP contribution in [-0.4, -0.2) is 18.7 Å². The number of carbonyl (C=O) groups is 1. The normalized spacial score (nSPS) is 11.1. The van der Waals surface area contributed by atoms with Crippen molar-refractivity contribution in [2.45, 2.75) is 13.3 Å². The maximum atomic E-state index is 13.5. The Bertz CT molecular complexity index is 681. The number of methoxy groups -OCH3 is 1. The van der Waals surface area contributed by atoms with Gasteiger partial charge in [0.2, 0.25) is 0 Å². The van der Waals surface area contributed by atoms with Gasteiger partial charge < -0.3 is 4.74 Å². The van der Waals surface area contributed by atoms with Gasteiger partial charge in [0.15, 0.2) is 0 Å². The molecule has 0 aromatic heterocycles. The highest BCUT2D eigenvalue weighted by atomic mass is 19.1. The van der Waals surface area contributed by atoms with Crippen LogP contribution >= 0.6 is 0 Å². The van der Waals surface area contributed by atoms with Crippen LogP contribution in [0.25, 0.3) is 0 Å². The molecule has 114 valence electrons. The number of halogens is 1. The number of ether oxygens (including phenoxy) is 1. The average Bonchev–Trinajstić information content (AvgIpc) is 2.56. The van der Waals surface area contributed by atoms with E-state index in [1.807, 2.05) is 31.2 Å². The average molecular weight is 300 g/mol. The van der Waals surface area contributed by atoms with E-state index in [1.165, 1.54) is 18.2 Å². The fraction of sp³-hybridized carbons (Fsp3) is 0.176. The van der Waals surface area contributed by atoms with E-state index in [4.69, 9.17) is 4.74 Å². The third kappa shape index (κ3) is 3.69. The Hall–Kier alpha value is -2.69. The molecule has 0 radical (unpaired) electrons. The number of hydrazone groups is 1. The summed E-state index contributed by atoms with van der Waals surface area (Å²) in [4.78, 5) is 11.9. The second-order valence-electron chi connectivity index (χ2n) is 4.56. The van der Waals surface area contributed by atoms with Crippen molar-refractivity contribution in [3.63, 3.8) is 0 Å². The zero-order valence-corrected chi connectivity index (χ0v) is 12.5. The van der Waals surface area contributed by atoms with Crippen molar-refractivity contribution >= 4 is 11.6 Å². The number of nitrogens with zero attached hydrogens (tertiary/aromatic N) is 1. The van der Waals surface area contributed by atoms with Gasteiger partial charge in [0, 0.05) is 0 Å². The first-order valence-corrected chi connectivity index (χ1v) is 6.91. The molecule has 0 unspecified atom stereocenters. The minimum Gasteiger partial charge on any atom is -0.497 e. The highest BCUT2D eigenvalue weighted by Crippen LogP contribution is 2.13. The minimum absolute atomic E-state index is 0.0311. The molecule has 0 bridgehead atoms. The number of carbonyl (C=O) groups excluding carboxylic acids is 1. The summed E-state index contributed by atoms with van der Waals surface area (Å²) in [6, 6.07) is 13.1. The van der Waals surface area contributed by atoms with Gasteiger partial charge >= 0.3 is 0 Å². The Balaban J connectivity index is 2.15. The molecule has 0 saturated carbocycles. The Morgan fingerprint density at radius 3 is 2.45 bits per heavy atom. The zero-order chi connectivity index (χ0) is 15.9. The van der Waals surface area contributed by atoms with Crippen LogP contribution in [0.4, 0.5) is 4.39 Å². The maximum absolute atomic E-state index is 13.5. The van der Waals surface area contributed by atoms with Gasteiger partial charge in [-0.15, -0.1) is 0 Å². The van der Waals surface area contributed by atoms with E-state index in [9.17, 15) is 9.18 Å². The lowest BCUT2D eigenvalue weighted by Crippen LogP contribution is -2.21. The molecule has 0 aliphatic rings. The Morgan fingerprint density at radius 2 is 1.86 bits per heavy atom. The molecule has 2 aromatic carbocycles. The largest absolute Gasteiger partial charge is 0.497 e. The quantitative estimate of drug-likeness (QED) is 0.680. The van der Waals surface area contributed by atoms with Gasteiger partial charge in [-0.3, -0.25) is 4.79 Å². The van der Waals surface area contributed by atoms with Gasteiger partial charge in [0.05, 0.1) is 18.4 Å². The van der Waals surface area contributed by atoms with Crippen LogP contribution in [-0.2, 0) is 0 Å². The molecule has 22 heavy (non-hydrogen) atoms. The molecule has 0 aliphatic carbocycles. The number of amides is 1. The van der Waals surface area contributed by atoms with E-state index in [0.29, 0.717) is 12.1 Å². The molecule has 1 amide bonds. The lowest BCUT2D eigenvalue weighted by atomic mass is 10.1. The summed E-state index contributed by atoms with van der Waals surface area (Å²) in [6.45, 7) is 1.93. The standard InChI is InChI=1S/C17H17FN2O2/c1-3-16(12-8-10-13(22-2)11-9-12)19-20-17(21)14-6-4-5-7-15(14)18/h4-11H,3H2,1-2H3,(H,20,21)/b19-16-. The second-order valence-corrected chi connectivity index (χ2v) is 4.56. The molecule has 4 nitrogen and oxygen atoms in total. The predicted molar refractivity (Wildman–Crippen MR) is 83.7 cm³/mol. The lowest BCUT2D eigenvalue weighted by Gasteiger charge is -2.07. The topological polar surface area (TPSA) is 50.7 Å². The smallest absolute Gasteiger partial charge is 0.274 e. The van der Waals surface area contributed by atoms with Crippen molar-refractivity contribution in [2.75, 3.05) is 7.11 Å². The van der Waals surface area contributed by atoms with E-state index in [2.05, 4.69) is 10.5 Å². The highest BCUT2D eigenvalue weighted by Gasteiger charge is 2.10. The number of hydrogen-bond donors (Lipinski definition) is 1. The van der Waals surface area contributed by atoms with Crippen molar-refractivity contribution in [2.24, 2.45) is 5.10 Å². The van der Waals surface area contributed by atoms with Gasteiger partial charge in [-0.2, -0.15) is 5.10 Å². The van der Waals surface area contributed by atoms with Crippen LogP contribution in [0.3, 0.4) is 0 Å². The lowest BCUT2D eigenvalue weighted by molar-refractivity contribution is 0.0951. The molecular formula is C17H17FN2O2. The van der Waals surface area contributed by atoms with E-state index < -0.39 is 11.7 Å². The number of hydrogen-bond acceptors (Lipinski definition) is 3. The van der Waals surface area contributed by atoms with Crippen LogP contribution in [0.2, 0.25) is 0 Å². The summed E-state index contributed by atoms with van der Waals surface area (Å²) in [5.41, 5.74) is 3.94.